The first-order valence-electron chi connectivity index (χ1n) is 6.10. The second-order valence-electron chi connectivity index (χ2n) is 4.59. The van der Waals surface area contributed by atoms with Gasteiger partial charge in [0.15, 0.2) is 0 Å². The lowest BCUT2D eigenvalue weighted by Gasteiger charge is -2.18. The molecular formula is C15H14Cl2N2O. The molecule has 0 N–H and O–H groups in total. The summed E-state index contributed by atoms with van der Waals surface area (Å²) in [5.74, 6) is -0.148. The van der Waals surface area contributed by atoms with E-state index in [9.17, 15) is 4.79 Å². The number of nitrogens with zero attached hydrogens (tertiary/aromatic N) is 2. The largest absolute Gasteiger partial charge is 0.336 e. The average Bonchev–Trinajstić information content (AvgIpc) is 2.43. The van der Waals surface area contributed by atoms with Gasteiger partial charge in [0.25, 0.3) is 5.91 Å². The first-order valence-corrected chi connectivity index (χ1v) is 6.85. The SMILES string of the molecule is Cc1ccnc(C(=O)N(C)Cc2cccc(Cl)c2Cl)c1. The summed E-state index contributed by atoms with van der Waals surface area (Å²) in [6, 6.07) is 8.99. The van der Waals surface area contributed by atoms with E-state index in [4.69, 9.17) is 23.2 Å². The number of hydrogen-bond donors (Lipinski definition) is 0. The molecule has 20 heavy (non-hydrogen) atoms. The number of benzene rings is 1. The summed E-state index contributed by atoms with van der Waals surface area (Å²) in [5.41, 5.74) is 2.23. The van der Waals surface area contributed by atoms with Gasteiger partial charge in [-0.3, -0.25) is 9.78 Å². The lowest BCUT2D eigenvalue weighted by Crippen LogP contribution is -2.27. The van der Waals surface area contributed by atoms with E-state index in [1.165, 1.54) is 0 Å². The highest BCUT2D eigenvalue weighted by Gasteiger charge is 2.15. The quantitative estimate of drug-likeness (QED) is 0.859. The summed E-state index contributed by atoms with van der Waals surface area (Å²) in [6.45, 7) is 2.31. The molecule has 1 aromatic heterocycles. The van der Waals surface area contributed by atoms with Crippen molar-refractivity contribution in [1.82, 2.24) is 9.88 Å². The van der Waals surface area contributed by atoms with E-state index in [1.807, 2.05) is 25.1 Å². The highest BCUT2D eigenvalue weighted by atomic mass is 35.5. The number of rotatable bonds is 3. The van der Waals surface area contributed by atoms with Gasteiger partial charge in [-0.1, -0.05) is 35.3 Å². The van der Waals surface area contributed by atoms with Crippen molar-refractivity contribution in [3.05, 3.63) is 63.4 Å². The fourth-order valence-electron chi connectivity index (χ4n) is 1.85. The second-order valence-corrected chi connectivity index (χ2v) is 5.38. The van der Waals surface area contributed by atoms with Crippen molar-refractivity contribution in [3.8, 4) is 0 Å². The van der Waals surface area contributed by atoms with Crippen LogP contribution < -0.4 is 0 Å². The van der Waals surface area contributed by atoms with Crippen LogP contribution in [0, 0.1) is 6.92 Å². The average molecular weight is 309 g/mol. The van der Waals surface area contributed by atoms with Crippen LogP contribution in [-0.2, 0) is 6.54 Å². The van der Waals surface area contributed by atoms with Crippen molar-refractivity contribution in [1.29, 1.82) is 0 Å². The molecule has 2 aromatic rings. The first-order chi connectivity index (χ1) is 9.49. The highest BCUT2D eigenvalue weighted by molar-refractivity contribution is 6.42. The predicted octanol–water partition coefficient (Wildman–Crippen LogP) is 3.97. The minimum absolute atomic E-state index is 0.148. The molecule has 0 saturated carbocycles. The monoisotopic (exact) mass is 308 g/mol. The van der Waals surface area contributed by atoms with Crippen LogP contribution in [-0.4, -0.2) is 22.8 Å². The van der Waals surface area contributed by atoms with Crippen molar-refractivity contribution in [2.24, 2.45) is 0 Å². The van der Waals surface area contributed by atoms with Gasteiger partial charge in [0.2, 0.25) is 0 Å². The smallest absolute Gasteiger partial charge is 0.272 e. The molecule has 5 heteroatoms. The molecule has 0 atom stereocenters. The highest BCUT2D eigenvalue weighted by Crippen LogP contribution is 2.26. The zero-order chi connectivity index (χ0) is 14.7. The number of hydrogen-bond acceptors (Lipinski definition) is 2. The van der Waals surface area contributed by atoms with E-state index in [2.05, 4.69) is 4.98 Å². The third kappa shape index (κ3) is 3.30. The maximum atomic E-state index is 12.3. The topological polar surface area (TPSA) is 33.2 Å². The van der Waals surface area contributed by atoms with E-state index < -0.39 is 0 Å². The van der Waals surface area contributed by atoms with Crippen molar-refractivity contribution in [2.75, 3.05) is 7.05 Å². The standard InChI is InChI=1S/C15H14Cl2N2O/c1-10-6-7-18-13(8-10)15(20)19(2)9-11-4-3-5-12(16)14(11)17/h3-8H,9H2,1-2H3. The lowest BCUT2D eigenvalue weighted by molar-refractivity contribution is 0.0779. The second kappa shape index (κ2) is 6.25. The number of carbonyl (C=O) groups excluding carboxylic acids is 1. The van der Waals surface area contributed by atoms with E-state index in [1.54, 1.807) is 30.3 Å². The maximum Gasteiger partial charge on any atom is 0.272 e. The number of aromatic nitrogens is 1. The predicted molar refractivity (Wildman–Crippen MR) is 81.2 cm³/mol. The molecule has 2 rings (SSSR count). The molecular weight excluding hydrogens is 295 g/mol. The van der Waals surface area contributed by atoms with Crippen molar-refractivity contribution in [3.63, 3.8) is 0 Å². The number of pyridine rings is 1. The van der Waals surface area contributed by atoms with E-state index in [-0.39, 0.29) is 5.91 Å². The summed E-state index contributed by atoms with van der Waals surface area (Å²) in [6.07, 6.45) is 1.63. The molecule has 0 spiro atoms. The Hall–Kier alpha value is -1.58. The van der Waals surface area contributed by atoms with E-state index in [0.29, 0.717) is 22.3 Å². The third-order valence-corrected chi connectivity index (χ3v) is 3.78. The van der Waals surface area contributed by atoms with Crippen LogP contribution in [0.1, 0.15) is 21.6 Å². The molecule has 1 amide bonds. The summed E-state index contributed by atoms with van der Waals surface area (Å²) in [4.78, 5) is 17.9. The van der Waals surface area contributed by atoms with Gasteiger partial charge in [0.1, 0.15) is 5.69 Å². The van der Waals surface area contributed by atoms with Crippen molar-refractivity contribution < 1.29 is 4.79 Å². The Morgan fingerprint density at radius 2 is 2.05 bits per heavy atom. The van der Waals surface area contributed by atoms with Crippen molar-refractivity contribution >= 4 is 29.1 Å². The van der Waals surface area contributed by atoms with Crippen LogP contribution in [0.5, 0.6) is 0 Å². The van der Waals surface area contributed by atoms with Crippen molar-refractivity contribution in [2.45, 2.75) is 13.5 Å². The van der Waals surface area contributed by atoms with Crippen LogP contribution in [0.2, 0.25) is 10.0 Å². The number of amides is 1. The maximum absolute atomic E-state index is 12.3. The van der Waals surface area contributed by atoms with Gasteiger partial charge in [0.05, 0.1) is 10.0 Å². The summed E-state index contributed by atoms with van der Waals surface area (Å²) in [7, 11) is 1.71. The molecule has 0 aliphatic carbocycles. The number of aryl methyl sites for hydroxylation is 1. The van der Waals surface area contributed by atoms with E-state index >= 15 is 0 Å². The normalized spacial score (nSPS) is 10.4. The molecule has 0 radical (unpaired) electrons. The Morgan fingerprint density at radius 3 is 2.75 bits per heavy atom. The fourth-order valence-corrected chi connectivity index (χ4v) is 2.23. The van der Waals surface area contributed by atoms with Crippen LogP contribution in [0.15, 0.2) is 36.5 Å². The molecule has 104 valence electrons. The van der Waals surface area contributed by atoms with Crippen LogP contribution in [0.25, 0.3) is 0 Å². The molecule has 0 aliphatic rings. The minimum Gasteiger partial charge on any atom is -0.336 e. The van der Waals surface area contributed by atoms with Crippen LogP contribution in [0.4, 0.5) is 0 Å². The van der Waals surface area contributed by atoms with Gasteiger partial charge in [-0.05, 0) is 36.2 Å². The van der Waals surface area contributed by atoms with Crippen LogP contribution in [0.3, 0.4) is 0 Å². The zero-order valence-corrected chi connectivity index (χ0v) is 12.7. The molecule has 0 bridgehead atoms. The summed E-state index contributed by atoms with van der Waals surface area (Å²) >= 11 is 12.1. The Labute approximate surface area is 128 Å². The van der Waals surface area contributed by atoms with Gasteiger partial charge < -0.3 is 4.90 Å². The lowest BCUT2D eigenvalue weighted by atomic mass is 10.2. The van der Waals surface area contributed by atoms with Gasteiger partial charge >= 0.3 is 0 Å². The van der Waals surface area contributed by atoms with Gasteiger partial charge in [0, 0.05) is 19.8 Å². The molecule has 0 saturated heterocycles. The third-order valence-electron chi connectivity index (χ3n) is 2.92. The number of halogens is 2. The molecule has 1 aromatic carbocycles. The van der Waals surface area contributed by atoms with Crippen LogP contribution >= 0.6 is 23.2 Å². The molecule has 0 unspecified atom stereocenters. The first kappa shape index (κ1) is 14.8. The van der Waals surface area contributed by atoms with Gasteiger partial charge in [-0.2, -0.15) is 0 Å². The molecule has 1 heterocycles. The Morgan fingerprint density at radius 1 is 1.30 bits per heavy atom. The Balaban J connectivity index is 2.18. The number of carbonyl (C=O) groups is 1. The Kier molecular flexibility index (Phi) is 4.63. The molecule has 3 nitrogen and oxygen atoms in total. The molecule has 0 fully saturated rings. The molecule has 0 aliphatic heterocycles. The Bertz CT molecular complexity index is 644. The zero-order valence-electron chi connectivity index (χ0n) is 11.2. The van der Waals surface area contributed by atoms with E-state index in [0.717, 1.165) is 11.1 Å². The minimum atomic E-state index is -0.148. The fraction of sp³-hybridized carbons (Fsp3) is 0.200. The summed E-state index contributed by atoms with van der Waals surface area (Å²) in [5, 5.41) is 0.963. The van der Waals surface area contributed by atoms with Gasteiger partial charge in [-0.25, -0.2) is 0 Å². The summed E-state index contributed by atoms with van der Waals surface area (Å²) < 4.78 is 0. The van der Waals surface area contributed by atoms with Gasteiger partial charge in [-0.15, -0.1) is 0 Å².